The van der Waals surface area contributed by atoms with Gasteiger partial charge >= 0.3 is 6.03 Å². The smallest absolute Gasteiger partial charge is 0.322 e. The van der Waals surface area contributed by atoms with Gasteiger partial charge in [-0.3, -0.25) is 4.90 Å². The van der Waals surface area contributed by atoms with E-state index in [1.807, 2.05) is 55.6 Å². The summed E-state index contributed by atoms with van der Waals surface area (Å²) in [7, 11) is 0. The zero-order valence-corrected chi connectivity index (χ0v) is 18.9. The summed E-state index contributed by atoms with van der Waals surface area (Å²) in [5.41, 5.74) is 2.55. The van der Waals surface area contributed by atoms with Crippen LogP contribution >= 0.6 is 11.3 Å². The number of rotatable bonds is 7. The molecular formula is C23H26N4O3S. The second kappa shape index (κ2) is 8.93. The Kier molecular flexibility index (Phi) is 6.08. The third kappa shape index (κ3) is 4.34. The zero-order valence-electron chi connectivity index (χ0n) is 18.1. The maximum absolute atomic E-state index is 13.0. The number of hydrogen-bond donors (Lipinski definition) is 1. The minimum Gasteiger partial charge on any atom is -0.494 e. The number of nitrogens with one attached hydrogen (secondary N) is 1. The predicted octanol–water partition coefficient (Wildman–Crippen LogP) is 5.35. The van der Waals surface area contributed by atoms with Crippen LogP contribution in [-0.2, 0) is 0 Å². The van der Waals surface area contributed by atoms with E-state index in [-0.39, 0.29) is 6.03 Å². The van der Waals surface area contributed by atoms with Gasteiger partial charge in [0.25, 0.3) is 5.89 Å². The fourth-order valence-electron chi connectivity index (χ4n) is 3.66. The van der Waals surface area contributed by atoms with Crippen LogP contribution < -0.4 is 10.1 Å². The van der Waals surface area contributed by atoms with Crippen molar-refractivity contribution in [3.8, 4) is 16.5 Å². The van der Waals surface area contributed by atoms with Crippen LogP contribution in [-0.4, -0.2) is 34.2 Å². The standard InChI is InChI=1S/C23H26N4O3S/c1-5-29-17-10-8-16(9-11-17)20-19(15(4)27(13-14(2)3)23(28)24-20)22-25-21(26-30-22)18-7-6-12-31-18/h6-12,14,20H,5,13H2,1-4H3,(H,24,28). The molecule has 1 aliphatic heterocycles. The fraction of sp³-hybridized carbons (Fsp3) is 0.348. The van der Waals surface area contributed by atoms with E-state index in [4.69, 9.17) is 9.26 Å². The van der Waals surface area contributed by atoms with Crippen LogP contribution in [0.15, 0.2) is 52.0 Å². The van der Waals surface area contributed by atoms with E-state index in [2.05, 4.69) is 29.3 Å². The van der Waals surface area contributed by atoms with E-state index >= 15 is 0 Å². The number of ether oxygens (including phenoxy) is 1. The Bertz CT molecular complexity index is 1070. The minimum absolute atomic E-state index is 0.133. The summed E-state index contributed by atoms with van der Waals surface area (Å²) >= 11 is 1.55. The lowest BCUT2D eigenvalue weighted by Crippen LogP contribution is -2.47. The van der Waals surface area contributed by atoms with Crippen LogP contribution in [0, 0.1) is 5.92 Å². The van der Waals surface area contributed by atoms with E-state index in [9.17, 15) is 4.79 Å². The Balaban J connectivity index is 1.77. The average molecular weight is 439 g/mol. The van der Waals surface area contributed by atoms with Gasteiger partial charge < -0.3 is 14.6 Å². The molecule has 162 valence electrons. The molecule has 0 fully saturated rings. The number of nitrogens with zero attached hydrogens (tertiary/aromatic N) is 3. The lowest BCUT2D eigenvalue weighted by atomic mass is 9.94. The Hall–Kier alpha value is -3.13. The lowest BCUT2D eigenvalue weighted by molar-refractivity contribution is 0.199. The van der Waals surface area contributed by atoms with Gasteiger partial charge in [-0.15, -0.1) is 11.3 Å². The van der Waals surface area contributed by atoms with Crippen molar-refractivity contribution in [3.63, 3.8) is 0 Å². The van der Waals surface area contributed by atoms with Crippen molar-refractivity contribution < 1.29 is 14.1 Å². The number of carbonyl (C=O) groups excluding carboxylic acids is 1. The first-order valence-corrected chi connectivity index (χ1v) is 11.3. The highest BCUT2D eigenvalue weighted by atomic mass is 32.1. The summed E-state index contributed by atoms with van der Waals surface area (Å²) in [6.07, 6.45) is 0. The van der Waals surface area contributed by atoms with E-state index in [0.29, 0.717) is 30.8 Å². The Morgan fingerprint density at radius 3 is 2.68 bits per heavy atom. The molecule has 0 radical (unpaired) electrons. The van der Waals surface area contributed by atoms with Gasteiger partial charge in [-0.25, -0.2) is 4.79 Å². The quantitative estimate of drug-likeness (QED) is 0.538. The number of benzene rings is 1. The SMILES string of the molecule is CCOc1ccc(C2NC(=O)N(CC(C)C)C(C)=C2c2nc(-c3cccs3)no2)cc1. The third-order valence-electron chi connectivity index (χ3n) is 5.07. The van der Waals surface area contributed by atoms with Gasteiger partial charge in [0.1, 0.15) is 5.75 Å². The predicted molar refractivity (Wildman–Crippen MR) is 121 cm³/mol. The van der Waals surface area contributed by atoms with Crippen LogP contribution in [0.4, 0.5) is 4.79 Å². The molecule has 4 rings (SSSR count). The largest absolute Gasteiger partial charge is 0.494 e. The van der Waals surface area contributed by atoms with Crippen molar-refractivity contribution in [1.82, 2.24) is 20.4 Å². The molecule has 7 nitrogen and oxygen atoms in total. The number of amides is 2. The second-order valence-electron chi connectivity index (χ2n) is 7.79. The van der Waals surface area contributed by atoms with Crippen molar-refractivity contribution in [2.24, 2.45) is 5.92 Å². The third-order valence-corrected chi connectivity index (χ3v) is 5.93. The first-order chi connectivity index (χ1) is 15.0. The fourth-order valence-corrected chi connectivity index (χ4v) is 4.30. The van der Waals surface area contributed by atoms with Crippen LogP contribution in [0.5, 0.6) is 5.75 Å². The molecule has 3 aromatic rings. The van der Waals surface area contributed by atoms with Crippen molar-refractivity contribution in [3.05, 3.63) is 58.9 Å². The highest BCUT2D eigenvalue weighted by Gasteiger charge is 2.36. The van der Waals surface area contributed by atoms with Crippen LogP contribution in [0.3, 0.4) is 0 Å². The summed E-state index contributed by atoms with van der Waals surface area (Å²) in [4.78, 5) is 20.3. The molecule has 0 saturated heterocycles. The molecule has 0 aliphatic carbocycles. The highest BCUT2D eigenvalue weighted by Crippen LogP contribution is 2.38. The van der Waals surface area contributed by atoms with Gasteiger partial charge in [-0.2, -0.15) is 4.98 Å². The van der Waals surface area contributed by atoms with Gasteiger partial charge in [0, 0.05) is 12.2 Å². The van der Waals surface area contributed by atoms with Crippen molar-refractivity contribution in [2.75, 3.05) is 13.2 Å². The number of aromatic nitrogens is 2. The summed E-state index contributed by atoms with van der Waals surface area (Å²) in [6, 6.07) is 11.1. The summed E-state index contributed by atoms with van der Waals surface area (Å²) in [6.45, 7) is 9.25. The van der Waals surface area contributed by atoms with Crippen LogP contribution in [0.2, 0.25) is 0 Å². The van der Waals surface area contributed by atoms with Gasteiger partial charge in [0.2, 0.25) is 5.82 Å². The maximum atomic E-state index is 13.0. The normalized spacial score (nSPS) is 16.7. The summed E-state index contributed by atoms with van der Waals surface area (Å²) in [5, 5.41) is 9.28. The molecule has 8 heteroatoms. The van der Waals surface area contributed by atoms with Crippen molar-refractivity contribution in [1.29, 1.82) is 0 Å². The van der Waals surface area contributed by atoms with Crippen LogP contribution in [0.25, 0.3) is 16.3 Å². The van der Waals surface area contributed by atoms with Gasteiger partial charge in [0.05, 0.1) is 23.1 Å². The van der Waals surface area contributed by atoms with Crippen LogP contribution in [0.1, 0.15) is 45.2 Å². The first-order valence-electron chi connectivity index (χ1n) is 10.4. The molecule has 0 bridgehead atoms. The first kappa shape index (κ1) is 21.1. The van der Waals surface area contributed by atoms with E-state index < -0.39 is 6.04 Å². The Morgan fingerprint density at radius 1 is 1.26 bits per heavy atom. The average Bonchev–Trinajstić information content (AvgIpc) is 3.43. The topological polar surface area (TPSA) is 80.5 Å². The van der Waals surface area contributed by atoms with Gasteiger partial charge in [-0.1, -0.05) is 37.2 Å². The molecule has 1 N–H and O–H groups in total. The molecular weight excluding hydrogens is 412 g/mol. The molecule has 1 atom stereocenters. The molecule has 1 unspecified atom stereocenters. The van der Waals surface area contributed by atoms with E-state index in [1.165, 1.54) is 0 Å². The maximum Gasteiger partial charge on any atom is 0.322 e. The molecule has 3 heterocycles. The molecule has 1 aliphatic rings. The minimum atomic E-state index is -0.400. The van der Waals surface area contributed by atoms with E-state index in [0.717, 1.165) is 27.5 Å². The van der Waals surface area contributed by atoms with Gasteiger partial charge in [-0.05, 0) is 48.9 Å². The summed E-state index contributed by atoms with van der Waals surface area (Å²) in [5.74, 6) is 2.06. The Morgan fingerprint density at radius 2 is 2.03 bits per heavy atom. The molecule has 2 aromatic heterocycles. The van der Waals surface area contributed by atoms with Crippen molar-refractivity contribution in [2.45, 2.75) is 33.7 Å². The zero-order chi connectivity index (χ0) is 22.0. The molecule has 31 heavy (non-hydrogen) atoms. The molecule has 1 aromatic carbocycles. The number of thiophene rings is 1. The monoisotopic (exact) mass is 438 g/mol. The lowest BCUT2D eigenvalue weighted by Gasteiger charge is -2.36. The molecule has 0 spiro atoms. The van der Waals surface area contributed by atoms with Crippen molar-refractivity contribution >= 4 is 22.9 Å². The summed E-state index contributed by atoms with van der Waals surface area (Å²) < 4.78 is 11.2. The second-order valence-corrected chi connectivity index (χ2v) is 8.74. The number of allylic oxidation sites excluding steroid dienone is 1. The number of carbonyl (C=O) groups is 1. The molecule has 2 amide bonds. The number of urea groups is 1. The van der Waals surface area contributed by atoms with E-state index in [1.54, 1.807) is 16.2 Å². The number of hydrogen-bond acceptors (Lipinski definition) is 6. The highest BCUT2D eigenvalue weighted by molar-refractivity contribution is 7.13. The van der Waals surface area contributed by atoms with Gasteiger partial charge in [0.15, 0.2) is 0 Å². The Labute approximate surface area is 185 Å². The molecule has 0 saturated carbocycles.